The summed E-state index contributed by atoms with van der Waals surface area (Å²) in [6, 6.07) is 4.42. The van der Waals surface area contributed by atoms with Crippen molar-refractivity contribution in [3.63, 3.8) is 0 Å². The van der Waals surface area contributed by atoms with E-state index in [0.717, 1.165) is 5.56 Å². The molecule has 1 aliphatic heterocycles. The summed E-state index contributed by atoms with van der Waals surface area (Å²) in [5, 5.41) is 2.76. The maximum atomic E-state index is 12.9. The molecule has 0 aliphatic carbocycles. The van der Waals surface area contributed by atoms with Crippen molar-refractivity contribution in [3.05, 3.63) is 35.1 Å². The SMILES string of the molecule is Cc1cc(F)ccc1C1=NC(C)CNC1=O. The fourth-order valence-corrected chi connectivity index (χ4v) is 1.73. The smallest absolute Gasteiger partial charge is 0.270 e. The highest BCUT2D eigenvalue weighted by atomic mass is 19.1. The number of aryl methyl sites for hydroxylation is 1. The summed E-state index contributed by atoms with van der Waals surface area (Å²) in [6.07, 6.45) is 0. The van der Waals surface area contributed by atoms with Crippen LogP contribution in [-0.4, -0.2) is 24.2 Å². The number of aliphatic imine (C=N–C) groups is 1. The van der Waals surface area contributed by atoms with Crippen LogP contribution in [0.15, 0.2) is 23.2 Å². The standard InChI is InChI=1S/C12H13FN2O/c1-7-5-9(13)3-4-10(7)11-12(16)14-6-8(2)15-11/h3-5,8H,6H2,1-2H3,(H,14,16). The van der Waals surface area contributed by atoms with E-state index in [1.807, 2.05) is 6.92 Å². The fraction of sp³-hybridized carbons (Fsp3) is 0.333. The van der Waals surface area contributed by atoms with Gasteiger partial charge >= 0.3 is 0 Å². The quantitative estimate of drug-likeness (QED) is 0.764. The number of hydrogen-bond donors (Lipinski definition) is 1. The van der Waals surface area contributed by atoms with Crippen LogP contribution in [0.1, 0.15) is 18.1 Å². The molecule has 0 bridgehead atoms. The summed E-state index contributed by atoms with van der Waals surface area (Å²) in [7, 11) is 0. The second-order valence-corrected chi connectivity index (χ2v) is 4.00. The lowest BCUT2D eigenvalue weighted by Crippen LogP contribution is -2.41. The van der Waals surface area contributed by atoms with Crippen molar-refractivity contribution in [1.29, 1.82) is 0 Å². The van der Waals surface area contributed by atoms with Crippen LogP contribution < -0.4 is 5.32 Å². The Bertz CT molecular complexity index is 468. The lowest BCUT2D eigenvalue weighted by Gasteiger charge is -2.19. The molecule has 84 valence electrons. The minimum atomic E-state index is -0.300. The van der Waals surface area contributed by atoms with E-state index in [9.17, 15) is 9.18 Å². The molecule has 3 nitrogen and oxygen atoms in total. The maximum absolute atomic E-state index is 12.9. The summed E-state index contributed by atoms with van der Waals surface area (Å²) < 4.78 is 12.9. The van der Waals surface area contributed by atoms with Gasteiger partial charge in [-0.15, -0.1) is 0 Å². The van der Waals surface area contributed by atoms with Gasteiger partial charge in [0, 0.05) is 12.1 Å². The number of nitrogens with one attached hydrogen (secondary N) is 1. The van der Waals surface area contributed by atoms with Crippen LogP contribution in [-0.2, 0) is 4.79 Å². The Balaban J connectivity index is 2.47. The van der Waals surface area contributed by atoms with Crippen molar-refractivity contribution in [2.45, 2.75) is 19.9 Å². The summed E-state index contributed by atoms with van der Waals surface area (Å²) in [4.78, 5) is 15.9. The average Bonchev–Trinajstić information content (AvgIpc) is 2.22. The molecule has 0 aromatic heterocycles. The number of halogens is 1. The topological polar surface area (TPSA) is 41.5 Å². The van der Waals surface area contributed by atoms with Crippen molar-refractivity contribution in [3.8, 4) is 0 Å². The molecular formula is C12H13FN2O. The number of carbonyl (C=O) groups is 1. The lowest BCUT2D eigenvalue weighted by molar-refractivity contribution is -0.115. The van der Waals surface area contributed by atoms with Crippen LogP contribution in [0.4, 0.5) is 4.39 Å². The van der Waals surface area contributed by atoms with Crippen LogP contribution in [0.25, 0.3) is 0 Å². The van der Waals surface area contributed by atoms with Crippen LogP contribution in [0.2, 0.25) is 0 Å². The van der Waals surface area contributed by atoms with Gasteiger partial charge in [0.15, 0.2) is 0 Å². The summed E-state index contributed by atoms with van der Waals surface area (Å²) >= 11 is 0. The van der Waals surface area contributed by atoms with E-state index in [0.29, 0.717) is 17.8 Å². The molecule has 1 amide bonds. The minimum absolute atomic E-state index is 0.0668. The monoisotopic (exact) mass is 220 g/mol. The van der Waals surface area contributed by atoms with Gasteiger partial charge in [0.05, 0.1) is 6.04 Å². The number of hydrogen-bond acceptors (Lipinski definition) is 2. The van der Waals surface area contributed by atoms with Crippen molar-refractivity contribution in [2.75, 3.05) is 6.54 Å². The average molecular weight is 220 g/mol. The van der Waals surface area contributed by atoms with Gasteiger partial charge in [-0.05, 0) is 37.6 Å². The third kappa shape index (κ3) is 1.96. The Labute approximate surface area is 93.4 Å². The van der Waals surface area contributed by atoms with Gasteiger partial charge in [-0.1, -0.05) is 0 Å². The van der Waals surface area contributed by atoms with Gasteiger partial charge < -0.3 is 5.32 Å². The first-order chi connectivity index (χ1) is 7.58. The highest BCUT2D eigenvalue weighted by molar-refractivity contribution is 6.46. The van der Waals surface area contributed by atoms with E-state index >= 15 is 0 Å². The molecule has 0 saturated heterocycles. The molecule has 4 heteroatoms. The highest BCUT2D eigenvalue weighted by Gasteiger charge is 2.21. The summed E-state index contributed by atoms with van der Waals surface area (Å²) in [6.45, 7) is 4.26. The molecule has 1 unspecified atom stereocenters. The zero-order chi connectivity index (χ0) is 11.7. The predicted molar refractivity (Wildman–Crippen MR) is 60.1 cm³/mol. The largest absolute Gasteiger partial charge is 0.349 e. The summed E-state index contributed by atoms with van der Waals surface area (Å²) in [5.41, 5.74) is 1.82. The van der Waals surface area contributed by atoms with Gasteiger partial charge in [0.1, 0.15) is 11.5 Å². The van der Waals surface area contributed by atoms with Gasteiger partial charge in [0.25, 0.3) is 5.91 Å². The molecule has 1 heterocycles. The number of nitrogens with zero attached hydrogens (tertiary/aromatic N) is 1. The summed E-state index contributed by atoms with van der Waals surface area (Å²) in [5.74, 6) is -0.487. The molecule has 16 heavy (non-hydrogen) atoms. The van der Waals surface area contributed by atoms with Gasteiger partial charge in [-0.25, -0.2) is 4.39 Å². The second kappa shape index (κ2) is 4.04. The van der Waals surface area contributed by atoms with E-state index in [-0.39, 0.29) is 17.8 Å². The Morgan fingerprint density at radius 2 is 2.25 bits per heavy atom. The van der Waals surface area contributed by atoms with Gasteiger partial charge in [-0.3, -0.25) is 9.79 Å². The Morgan fingerprint density at radius 1 is 1.50 bits per heavy atom. The second-order valence-electron chi connectivity index (χ2n) is 4.00. The van der Waals surface area contributed by atoms with Crippen LogP contribution in [0.3, 0.4) is 0 Å². The lowest BCUT2D eigenvalue weighted by atomic mass is 10.0. The molecule has 1 N–H and O–H groups in total. The number of carbonyl (C=O) groups excluding carboxylic acids is 1. The third-order valence-corrected chi connectivity index (χ3v) is 2.57. The number of rotatable bonds is 1. The third-order valence-electron chi connectivity index (χ3n) is 2.57. The first-order valence-electron chi connectivity index (χ1n) is 5.20. The van der Waals surface area contributed by atoms with Crippen molar-refractivity contribution in [2.24, 2.45) is 4.99 Å². The Morgan fingerprint density at radius 3 is 2.94 bits per heavy atom. The van der Waals surface area contributed by atoms with Crippen molar-refractivity contribution < 1.29 is 9.18 Å². The van der Waals surface area contributed by atoms with Crippen LogP contribution in [0, 0.1) is 12.7 Å². The van der Waals surface area contributed by atoms with Crippen LogP contribution >= 0.6 is 0 Å². The maximum Gasteiger partial charge on any atom is 0.270 e. The first-order valence-corrected chi connectivity index (χ1v) is 5.20. The number of benzene rings is 1. The minimum Gasteiger partial charge on any atom is -0.349 e. The first kappa shape index (κ1) is 10.8. The van der Waals surface area contributed by atoms with Crippen molar-refractivity contribution in [1.82, 2.24) is 5.32 Å². The molecule has 0 fully saturated rings. The predicted octanol–water partition coefficient (Wildman–Crippen LogP) is 1.44. The number of amides is 1. The molecule has 0 radical (unpaired) electrons. The van der Waals surface area contributed by atoms with Crippen molar-refractivity contribution >= 4 is 11.6 Å². The van der Waals surface area contributed by atoms with Crippen LogP contribution in [0.5, 0.6) is 0 Å². The van der Waals surface area contributed by atoms with E-state index in [2.05, 4.69) is 10.3 Å². The molecule has 0 saturated carbocycles. The molecule has 1 atom stereocenters. The normalized spacial score (nSPS) is 20.3. The van der Waals surface area contributed by atoms with Gasteiger partial charge in [0.2, 0.25) is 0 Å². The fourth-order valence-electron chi connectivity index (χ4n) is 1.73. The molecule has 1 aromatic carbocycles. The van der Waals surface area contributed by atoms with E-state index in [4.69, 9.17) is 0 Å². The zero-order valence-electron chi connectivity index (χ0n) is 9.25. The molecule has 0 spiro atoms. The Kier molecular flexibility index (Phi) is 2.73. The van der Waals surface area contributed by atoms with Gasteiger partial charge in [-0.2, -0.15) is 0 Å². The molecular weight excluding hydrogens is 207 g/mol. The van der Waals surface area contributed by atoms with E-state index in [1.165, 1.54) is 12.1 Å². The highest BCUT2D eigenvalue weighted by Crippen LogP contribution is 2.14. The zero-order valence-corrected chi connectivity index (χ0v) is 9.25. The van der Waals surface area contributed by atoms with E-state index < -0.39 is 0 Å². The molecule has 1 aromatic rings. The Hall–Kier alpha value is -1.71. The molecule has 2 rings (SSSR count). The molecule has 1 aliphatic rings. The van der Waals surface area contributed by atoms with E-state index in [1.54, 1.807) is 13.0 Å².